The second-order valence-electron chi connectivity index (χ2n) is 6.78. The lowest BCUT2D eigenvalue weighted by Crippen LogP contribution is -2.29. The average Bonchev–Trinajstić information content (AvgIpc) is 3.41. The molecular formula is C22H21N3O3S. The summed E-state index contributed by atoms with van der Waals surface area (Å²) in [6.45, 7) is 1.97. The molecule has 0 unspecified atom stereocenters. The fourth-order valence-electron chi connectivity index (χ4n) is 3.08. The number of carbonyl (C=O) groups excluding carboxylic acids is 1. The molecule has 29 heavy (non-hydrogen) atoms. The van der Waals surface area contributed by atoms with Crippen molar-refractivity contribution in [1.82, 2.24) is 14.9 Å². The number of amides is 1. The smallest absolute Gasteiger partial charge is 0.254 e. The number of oxazole rings is 1. The zero-order chi connectivity index (χ0) is 20.4. The molecular weight excluding hydrogens is 386 g/mol. The molecule has 7 heteroatoms. The molecule has 2 aromatic carbocycles. The summed E-state index contributed by atoms with van der Waals surface area (Å²) in [7, 11) is 3.43. The third-order valence-corrected chi connectivity index (χ3v) is 5.85. The first kappa shape index (κ1) is 19.1. The molecule has 1 amide bonds. The van der Waals surface area contributed by atoms with Crippen molar-refractivity contribution in [2.45, 2.75) is 19.4 Å². The standard InChI is InChI=1S/C22H21N3O3S/c1-14(21-23-10-11-29-21)25(2)22(26)16-6-9-18-19(13-16)28-20(24-18)12-15-4-7-17(27-3)8-5-15/h4-11,13-14H,12H2,1-3H3/t14-/m1/s1. The van der Waals surface area contributed by atoms with Crippen LogP contribution < -0.4 is 4.74 Å². The van der Waals surface area contributed by atoms with Crippen LogP contribution in [0, 0.1) is 0 Å². The van der Waals surface area contributed by atoms with Crippen LogP contribution in [0.3, 0.4) is 0 Å². The topological polar surface area (TPSA) is 68.5 Å². The normalized spacial score (nSPS) is 12.1. The molecule has 2 aromatic heterocycles. The number of ether oxygens (including phenoxy) is 1. The van der Waals surface area contributed by atoms with Crippen molar-refractivity contribution in [2.24, 2.45) is 0 Å². The van der Waals surface area contributed by atoms with E-state index in [4.69, 9.17) is 9.15 Å². The predicted molar refractivity (Wildman–Crippen MR) is 112 cm³/mol. The van der Waals surface area contributed by atoms with Crippen molar-refractivity contribution in [2.75, 3.05) is 14.2 Å². The Labute approximate surface area is 172 Å². The van der Waals surface area contributed by atoms with Gasteiger partial charge in [0, 0.05) is 30.6 Å². The minimum absolute atomic E-state index is 0.0808. The number of rotatable bonds is 6. The molecule has 4 rings (SSSR count). The number of hydrogen-bond acceptors (Lipinski definition) is 6. The van der Waals surface area contributed by atoms with Gasteiger partial charge in [-0.15, -0.1) is 11.3 Å². The number of fused-ring (bicyclic) bond motifs is 1. The lowest BCUT2D eigenvalue weighted by molar-refractivity contribution is 0.0742. The van der Waals surface area contributed by atoms with Crippen LogP contribution in [0.1, 0.15) is 39.8 Å². The monoisotopic (exact) mass is 407 g/mol. The van der Waals surface area contributed by atoms with Gasteiger partial charge in [0.2, 0.25) is 0 Å². The van der Waals surface area contributed by atoms with E-state index in [0.717, 1.165) is 21.8 Å². The van der Waals surface area contributed by atoms with Crippen LogP contribution in [0.2, 0.25) is 0 Å². The van der Waals surface area contributed by atoms with Crippen LogP contribution in [0.4, 0.5) is 0 Å². The molecule has 148 valence electrons. The SMILES string of the molecule is COc1ccc(Cc2nc3ccc(C(=O)N(C)[C@H](C)c4nccs4)cc3o2)cc1. The highest BCUT2D eigenvalue weighted by Crippen LogP contribution is 2.25. The molecule has 0 saturated heterocycles. The molecule has 0 aliphatic heterocycles. The second-order valence-corrected chi connectivity index (χ2v) is 7.70. The number of hydrogen-bond donors (Lipinski definition) is 0. The summed E-state index contributed by atoms with van der Waals surface area (Å²) in [5.74, 6) is 1.34. The molecule has 0 saturated carbocycles. The molecule has 0 bridgehead atoms. The number of carbonyl (C=O) groups is 1. The first-order valence-corrected chi connectivity index (χ1v) is 10.1. The number of nitrogens with zero attached hydrogens (tertiary/aromatic N) is 3. The van der Waals surface area contributed by atoms with Crippen LogP contribution in [0.25, 0.3) is 11.1 Å². The van der Waals surface area contributed by atoms with E-state index in [9.17, 15) is 4.79 Å². The van der Waals surface area contributed by atoms with E-state index in [0.29, 0.717) is 23.5 Å². The Morgan fingerprint density at radius 1 is 1.24 bits per heavy atom. The molecule has 0 radical (unpaired) electrons. The number of methoxy groups -OCH3 is 1. The third-order valence-electron chi connectivity index (χ3n) is 4.90. The lowest BCUT2D eigenvalue weighted by atomic mass is 10.1. The van der Waals surface area contributed by atoms with E-state index in [-0.39, 0.29) is 11.9 Å². The maximum Gasteiger partial charge on any atom is 0.254 e. The third kappa shape index (κ3) is 4.00. The lowest BCUT2D eigenvalue weighted by Gasteiger charge is -2.23. The Morgan fingerprint density at radius 3 is 2.72 bits per heavy atom. The van der Waals surface area contributed by atoms with Gasteiger partial charge in [-0.1, -0.05) is 12.1 Å². The Morgan fingerprint density at radius 2 is 2.03 bits per heavy atom. The minimum Gasteiger partial charge on any atom is -0.497 e. The van der Waals surface area contributed by atoms with E-state index >= 15 is 0 Å². The molecule has 0 aliphatic rings. The Kier molecular flexibility index (Phi) is 5.31. The van der Waals surface area contributed by atoms with Crippen LogP contribution >= 0.6 is 11.3 Å². The molecule has 0 aliphatic carbocycles. The van der Waals surface area contributed by atoms with E-state index in [1.807, 2.05) is 42.6 Å². The van der Waals surface area contributed by atoms with Gasteiger partial charge in [0.1, 0.15) is 16.3 Å². The number of thiazole rings is 1. The maximum absolute atomic E-state index is 12.9. The summed E-state index contributed by atoms with van der Waals surface area (Å²) in [6, 6.07) is 13.1. The average molecular weight is 407 g/mol. The first-order valence-electron chi connectivity index (χ1n) is 9.24. The second kappa shape index (κ2) is 8.05. The Bertz CT molecular complexity index is 1120. The van der Waals surface area contributed by atoms with E-state index in [1.54, 1.807) is 37.4 Å². The highest BCUT2D eigenvalue weighted by Gasteiger charge is 2.21. The molecule has 4 aromatic rings. The van der Waals surface area contributed by atoms with Crippen molar-refractivity contribution in [3.05, 3.63) is 76.1 Å². The van der Waals surface area contributed by atoms with Gasteiger partial charge < -0.3 is 14.1 Å². The van der Waals surface area contributed by atoms with Gasteiger partial charge >= 0.3 is 0 Å². The summed E-state index contributed by atoms with van der Waals surface area (Å²) in [5.41, 5.74) is 2.98. The van der Waals surface area contributed by atoms with Crippen molar-refractivity contribution in [3.63, 3.8) is 0 Å². The minimum atomic E-state index is -0.0986. The highest BCUT2D eigenvalue weighted by atomic mass is 32.1. The zero-order valence-electron chi connectivity index (χ0n) is 16.5. The molecule has 0 fully saturated rings. The summed E-state index contributed by atoms with van der Waals surface area (Å²) >= 11 is 1.54. The van der Waals surface area contributed by atoms with Crippen molar-refractivity contribution < 1.29 is 13.9 Å². The van der Waals surface area contributed by atoms with Gasteiger partial charge in [-0.2, -0.15) is 0 Å². The Balaban J connectivity index is 1.53. The van der Waals surface area contributed by atoms with Gasteiger partial charge in [0.25, 0.3) is 5.91 Å². The quantitative estimate of drug-likeness (QED) is 0.463. The first-order chi connectivity index (χ1) is 14.0. The fraction of sp³-hybridized carbons (Fsp3) is 0.227. The highest BCUT2D eigenvalue weighted by molar-refractivity contribution is 7.09. The van der Waals surface area contributed by atoms with E-state index < -0.39 is 0 Å². The summed E-state index contributed by atoms with van der Waals surface area (Å²) in [6.07, 6.45) is 2.32. The molecule has 0 spiro atoms. The van der Waals surface area contributed by atoms with E-state index in [1.165, 1.54) is 11.3 Å². The zero-order valence-corrected chi connectivity index (χ0v) is 17.3. The van der Waals surface area contributed by atoms with Gasteiger partial charge in [-0.25, -0.2) is 9.97 Å². The predicted octanol–water partition coefficient (Wildman–Crippen LogP) is 4.72. The molecule has 0 N–H and O–H groups in total. The Hall–Kier alpha value is -3.19. The van der Waals surface area contributed by atoms with Gasteiger partial charge in [0.05, 0.1) is 13.2 Å². The van der Waals surface area contributed by atoms with Crippen molar-refractivity contribution in [3.8, 4) is 5.75 Å². The van der Waals surface area contributed by atoms with Gasteiger partial charge in [-0.05, 0) is 42.8 Å². The van der Waals surface area contributed by atoms with Crippen LogP contribution in [0.5, 0.6) is 5.75 Å². The van der Waals surface area contributed by atoms with Gasteiger partial charge in [0.15, 0.2) is 11.5 Å². The number of aromatic nitrogens is 2. The van der Waals surface area contributed by atoms with Crippen molar-refractivity contribution >= 4 is 28.3 Å². The molecule has 2 heterocycles. The van der Waals surface area contributed by atoms with E-state index in [2.05, 4.69) is 9.97 Å². The van der Waals surface area contributed by atoms with Crippen molar-refractivity contribution in [1.29, 1.82) is 0 Å². The van der Waals surface area contributed by atoms with Crippen LogP contribution in [-0.4, -0.2) is 34.9 Å². The van der Waals surface area contributed by atoms with Crippen LogP contribution in [0.15, 0.2) is 58.5 Å². The molecule has 6 nitrogen and oxygen atoms in total. The largest absolute Gasteiger partial charge is 0.497 e. The summed E-state index contributed by atoms with van der Waals surface area (Å²) < 4.78 is 11.1. The number of benzene rings is 2. The maximum atomic E-state index is 12.9. The van der Waals surface area contributed by atoms with Gasteiger partial charge in [-0.3, -0.25) is 4.79 Å². The fourth-order valence-corrected chi connectivity index (χ4v) is 3.82. The summed E-state index contributed by atoms with van der Waals surface area (Å²) in [5, 5.41) is 2.82. The van der Waals surface area contributed by atoms with Crippen LogP contribution in [-0.2, 0) is 6.42 Å². The molecule has 1 atom stereocenters. The summed E-state index contributed by atoms with van der Waals surface area (Å²) in [4.78, 5) is 23.4.